The standard InChI is InChI=1S/C8H9N5/c9-8(10)13-5-1-2-6-7(3-5)12-4-11-6/h1-4H,(H,11,12)(H4,9,10,13). The van der Waals surface area contributed by atoms with Crippen molar-refractivity contribution in [2.45, 2.75) is 0 Å². The number of hydrogen-bond donors (Lipinski definition) is 3. The van der Waals surface area contributed by atoms with Crippen LogP contribution in [-0.2, 0) is 0 Å². The number of imidazole rings is 1. The first-order valence-corrected chi connectivity index (χ1v) is 3.78. The van der Waals surface area contributed by atoms with Crippen molar-refractivity contribution in [3.63, 3.8) is 0 Å². The lowest BCUT2D eigenvalue weighted by molar-refractivity contribution is 1.34. The molecule has 0 aliphatic carbocycles. The van der Waals surface area contributed by atoms with Gasteiger partial charge in [-0.15, -0.1) is 0 Å². The molecular weight excluding hydrogens is 166 g/mol. The van der Waals surface area contributed by atoms with Gasteiger partial charge in [-0.3, -0.25) is 0 Å². The minimum absolute atomic E-state index is 0.0545. The molecule has 1 heterocycles. The number of nitrogens with zero attached hydrogens (tertiary/aromatic N) is 2. The Labute approximate surface area is 74.5 Å². The number of hydrogen-bond acceptors (Lipinski definition) is 2. The second kappa shape index (κ2) is 2.78. The van der Waals surface area contributed by atoms with Crippen LogP contribution in [0, 0.1) is 0 Å². The van der Waals surface area contributed by atoms with Crippen LogP contribution < -0.4 is 11.5 Å². The quantitative estimate of drug-likeness (QED) is 0.434. The van der Waals surface area contributed by atoms with Gasteiger partial charge < -0.3 is 16.5 Å². The van der Waals surface area contributed by atoms with Crippen LogP contribution in [0.25, 0.3) is 11.0 Å². The minimum atomic E-state index is 0.0545. The average molecular weight is 175 g/mol. The van der Waals surface area contributed by atoms with Crippen LogP contribution in [0.3, 0.4) is 0 Å². The number of fused-ring (bicyclic) bond motifs is 1. The van der Waals surface area contributed by atoms with Gasteiger partial charge in [-0.25, -0.2) is 9.98 Å². The highest BCUT2D eigenvalue weighted by molar-refractivity contribution is 5.82. The summed E-state index contributed by atoms with van der Waals surface area (Å²) in [4.78, 5) is 11.0. The fourth-order valence-electron chi connectivity index (χ4n) is 1.14. The van der Waals surface area contributed by atoms with Gasteiger partial charge in [0.2, 0.25) is 0 Å². The summed E-state index contributed by atoms with van der Waals surface area (Å²) in [5.74, 6) is 0.0545. The first kappa shape index (κ1) is 7.60. The highest BCUT2D eigenvalue weighted by atomic mass is 15.0. The van der Waals surface area contributed by atoms with Gasteiger partial charge in [0.15, 0.2) is 5.96 Å². The van der Waals surface area contributed by atoms with E-state index in [9.17, 15) is 0 Å². The molecule has 2 aromatic rings. The summed E-state index contributed by atoms with van der Waals surface area (Å²) in [7, 11) is 0. The van der Waals surface area contributed by atoms with Crippen LogP contribution in [0.2, 0.25) is 0 Å². The van der Waals surface area contributed by atoms with E-state index in [2.05, 4.69) is 15.0 Å². The summed E-state index contributed by atoms with van der Waals surface area (Å²) in [5.41, 5.74) is 13.0. The molecule has 0 saturated heterocycles. The summed E-state index contributed by atoms with van der Waals surface area (Å²) >= 11 is 0. The topological polar surface area (TPSA) is 93.1 Å². The Morgan fingerprint density at radius 3 is 3.00 bits per heavy atom. The van der Waals surface area contributed by atoms with Gasteiger partial charge in [0.05, 0.1) is 23.0 Å². The zero-order chi connectivity index (χ0) is 9.26. The molecule has 1 aromatic carbocycles. The molecule has 0 amide bonds. The summed E-state index contributed by atoms with van der Waals surface area (Å²) < 4.78 is 0. The molecule has 0 spiro atoms. The second-order valence-electron chi connectivity index (χ2n) is 2.64. The molecule has 66 valence electrons. The first-order chi connectivity index (χ1) is 6.25. The Bertz CT molecular complexity index is 452. The van der Waals surface area contributed by atoms with E-state index in [1.165, 1.54) is 0 Å². The Balaban J connectivity index is 2.54. The highest BCUT2D eigenvalue weighted by Crippen LogP contribution is 2.17. The van der Waals surface area contributed by atoms with Gasteiger partial charge in [-0.2, -0.15) is 0 Å². The predicted molar refractivity (Wildman–Crippen MR) is 51.6 cm³/mol. The maximum Gasteiger partial charge on any atom is 0.191 e. The summed E-state index contributed by atoms with van der Waals surface area (Å²) in [6.07, 6.45) is 1.63. The Hall–Kier alpha value is -2.04. The van der Waals surface area contributed by atoms with Crippen molar-refractivity contribution in [2.24, 2.45) is 16.5 Å². The molecule has 5 nitrogen and oxygen atoms in total. The van der Waals surface area contributed by atoms with E-state index in [0.717, 1.165) is 16.7 Å². The molecule has 0 fully saturated rings. The van der Waals surface area contributed by atoms with Crippen molar-refractivity contribution >= 4 is 22.7 Å². The maximum atomic E-state index is 5.25. The van der Waals surface area contributed by atoms with Crippen molar-refractivity contribution in [3.05, 3.63) is 24.5 Å². The van der Waals surface area contributed by atoms with Crippen molar-refractivity contribution < 1.29 is 0 Å². The number of rotatable bonds is 1. The molecule has 5 heteroatoms. The lowest BCUT2D eigenvalue weighted by Crippen LogP contribution is -2.21. The average Bonchev–Trinajstić information content (AvgIpc) is 2.49. The molecule has 2 rings (SSSR count). The number of nitrogens with one attached hydrogen (secondary N) is 1. The zero-order valence-corrected chi connectivity index (χ0v) is 6.86. The number of aliphatic imine (C=N–C) groups is 1. The van der Waals surface area contributed by atoms with Gasteiger partial charge in [-0.05, 0) is 18.2 Å². The van der Waals surface area contributed by atoms with Gasteiger partial charge in [-0.1, -0.05) is 0 Å². The molecule has 13 heavy (non-hydrogen) atoms. The molecule has 0 unspecified atom stereocenters. The largest absolute Gasteiger partial charge is 0.370 e. The van der Waals surface area contributed by atoms with E-state index >= 15 is 0 Å². The molecule has 0 atom stereocenters. The van der Waals surface area contributed by atoms with Gasteiger partial charge in [0.1, 0.15) is 0 Å². The van der Waals surface area contributed by atoms with Gasteiger partial charge >= 0.3 is 0 Å². The number of H-pyrrole nitrogens is 1. The Morgan fingerprint density at radius 2 is 2.23 bits per heavy atom. The fourth-order valence-corrected chi connectivity index (χ4v) is 1.14. The smallest absolute Gasteiger partial charge is 0.191 e. The second-order valence-corrected chi connectivity index (χ2v) is 2.64. The van der Waals surface area contributed by atoms with Crippen molar-refractivity contribution in [2.75, 3.05) is 0 Å². The van der Waals surface area contributed by atoms with Crippen molar-refractivity contribution in [1.82, 2.24) is 9.97 Å². The Kier molecular flexibility index (Phi) is 1.63. The van der Waals surface area contributed by atoms with Crippen LogP contribution in [0.4, 0.5) is 5.69 Å². The molecule has 0 saturated carbocycles. The molecule has 1 aromatic heterocycles. The van der Waals surface area contributed by atoms with E-state index in [0.29, 0.717) is 0 Å². The number of guanidine groups is 1. The zero-order valence-electron chi connectivity index (χ0n) is 6.86. The van der Waals surface area contributed by atoms with E-state index in [-0.39, 0.29) is 5.96 Å². The monoisotopic (exact) mass is 175 g/mol. The third-order valence-corrected chi connectivity index (χ3v) is 1.66. The molecule has 0 bridgehead atoms. The van der Waals surface area contributed by atoms with Crippen LogP contribution in [0.1, 0.15) is 0 Å². The third kappa shape index (κ3) is 1.44. The highest BCUT2D eigenvalue weighted by Gasteiger charge is 1.96. The van der Waals surface area contributed by atoms with Gasteiger partial charge in [0.25, 0.3) is 0 Å². The van der Waals surface area contributed by atoms with Crippen LogP contribution in [-0.4, -0.2) is 15.9 Å². The third-order valence-electron chi connectivity index (χ3n) is 1.66. The number of aromatic nitrogens is 2. The minimum Gasteiger partial charge on any atom is -0.370 e. The van der Waals surface area contributed by atoms with Crippen molar-refractivity contribution in [1.29, 1.82) is 0 Å². The molecule has 5 N–H and O–H groups in total. The van der Waals surface area contributed by atoms with Crippen molar-refractivity contribution in [3.8, 4) is 0 Å². The first-order valence-electron chi connectivity index (χ1n) is 3.78. The van der Waals surface area contributed by atoms with E-state index in [1.54, 1.807) is 6.33 Å². The van der Waals surface area contributed by atoms with Crippen LogP contribution in [0.15, 0.2) is 29.5 Å². The van der Waals surface area contributed by atoms with E-state index in [1.807, 2.05) is 18.2 Å². The summed E-state index contributed by atoms with van der Waals surface area (Å²) in [6, 6.07) is 5.50. The number of aromatic amines is 1. The molecular formula is C8H9N5. The van der Waals surface area contributed by atoms with E-state index < -0.39 is 0 Å². The lowest BCUT2D eigenvalue weighted by atomic mass is 10.3. The fraction of sp³-hybridized carbons (Fsp3) is 0. The van der Waals surface area contributed by atoms with Crippen LogP contribution in [0.5, 0.6) is 0 Å². The van der Waals surface area contributed by atoms with Gasteiger partial charge in [0, 0.05) is 0 Å². The predicted octanol–water partition coefficient (Wildman–Crippen LogP) is 0.468. The summed E-state index contributed by atoms with van der Waals surface area (Å²) in [6.45, 7) is 0. The van der Waals surface area contributed by atoms with Crippen LogP contribution >= 0.6 is 0 Å². The normalized spacial score (nSPS) is 10.2. The number of benzene rings is 1. The molecule has 0 aliphatic heterocycles. The molecule has 0 aliphatic rings. The SMILES string of the molecule is NC(N)=Nc1ccc2nc[nH]c2c1. The maximum absolute atomic E-state index is 5.25. The molecule has 0 radical (unpaired) electrons. The number of nitrogens with two attached hydrogens (primary N) is 2. The summed E-state index contributed by atoms with van der Waals surface area (Å²) in [5, 5.41) is 0. The van der Waals surface area contributed by atoms with E-state index in [4.69, 9.17) is 11.5 Å². The Morgan fingerprint density at radius 1 is 1.38 bits per heavy atom. The lowest BCUT2D eigenvalue weighted by Gasteiger charge is -1.94.